The van der Waals surface area contributed by atoms with Gasteiger partial charge in [0.15, 0.2) is 0 Å². The molecule has 2 aromatic carbocycles. The van der Waals surface area contributed by atoms with Gasteiger partial charge in [-0.05, 0) is 35.4 Å². The Morgan fingerprint density at radius 1 is 1.15 bits per heavy atom. The van der Waals surface area contributed by atoms with E-state index in [1.165, 1.54) is 30.3 Å². The van der Waals surface area contributed by atoms with Crippen LogP contribution in [0, 0.1) is 0 Å². The number of hydrogen-bond acceptors (Lipinski definition) is 1. The van der Waals surface area contributed by atoms with Crippen LogP contribution in [0.25, 0.3) is 5.57 Å². The second-order valence-electron chi connectivity index (χ2n) is 5.16. The summed E-state index contributed by atoms with van der Waals surface area (Å²) < 4.78 is 38.7. The molecule has 138 valence electrons. The van der Waals surface area contributed by atoms with Crippen LogP contribution in [0.5, 0.6) is 0 Å². The predicted octanol–water partition coefficient (Wildman–Crippen LogP) is 7.49. The SMILES string of the molecule is O=C(O)c1cccc(Br)c1/C(=C/CC(F)(F)F)c1cc(Cl)c(Cl)c(Cl)c1. The lowest BCUT2D eigenvalue weighted by molar-refractivity contribution is -0.124. The van der Waals surface area contributed by atoms with Gasteiger partial charge in [0, 0.05) is 10.0 Å². The molecule has 26 heavy (non-hydrogen) atoms. The van der Waals surface area contributed by atoms with Crippen LogP contribution in [0.1, 0.15) is 27.9 Å². The van der Waals surface area contributed by atoms with Crippen molar-refractivity contribution in [2.45, 2.75) is 12.6 Å². The van der Waals surface area contributed by atoms with E-state index >= 15 is 0 Å². The molecule has 0 spiro atoms. The molecule has 2 rings (SSSR count). The largest absolute Gasteiger partial charge is 0.478 e. The van der Waals surface area contributed by atoms with Crippen molar-refractivity contribution in [3.63, 3.8) is 0 Å². The number of rotatable bonds is 4. The van der Waals surface area contributed by atoms with Crippen molar-refractivity contribution in [1.29, 1.82) is 0 Å². The lowest BCUT2D eigenvalue weighted by Crippen LogP contribution is -2.07. The zero-order valence-electron chi connectivity index (χ0n) is 12.7. The topological polar surface area (TPSA) is 37.3 Å². The zero-order valence-corrected chi connectivity index (χ0v) is 16.5. The number of halogens is 7. The average molecular weight is 489 g/mol. The Kier molecular flexibility index (Phi) is 6.66. The molecule has 9 heteroatoms. The Bertz CT molecular complexity index is 872. The molecule has 0 atom stereocenters. The standard InChI is InChI=1S/C17H9BrCl3F3O2/c18-11-3-1-2-10(16(25)26)14(11)9(4-5-17(22,23)24)8-6-12(19)15(21)13(20)7-8/h1-4,6-7H,5H2,(H,25,26)/b9-4+. The second-order valence-corrected chi connectivity index (χ2v) is 7.21. The van der Waals surface area contributed by atoms with Crippen molar-refractivity contribution >= 4 is 62.3 Å². The van der Waals surface area contributed by atoms with Crippen molar-refractivity contribution in [3.05, 3.63) is 72.6 Å². The quantitative estimate of drug-likeness (QED) is 0.453. The summed E-state index contributed by atoms with van der Waals surface area (Å²) in [6.07, 6.45) is -4.85. The van der Waals surface area contributed by atoms with Crippen LogP contribution in [0.3, 0.4) is 0 Å². The Morgan fingerprint density at radius 3 is 2.23 bits per heavy atom. The van der Waals surface area contributed by atoms with Gasteiger partial charge in [0.05, 0.1) is 27.1 Å². The first kappa shape index (κ1) is 21.1. The average Bonchev–Trinajstić information content (AvgIpc) is 2.52. The highest BCUT2D eigenvalue weighted by molar-refractivity contribution is 9.10. The molecule has 0 aliphatic carbocycles. The first-order valence-corrected chi connectivity index (χ1v) is 8.88. The maximum absolute atomic E-state index is 12.8. The smallest absolute Gasteiger partial charge is 0.392 e. The van der Waals surface area contributed by atoms with Gasteiger partial charge in [0.2, 0.25) is 0 Å². The zero-order chi connectivity index (χ0) is 19.6. The lowest BCUT2D eigenvalue weighted by Gasteiger charge is -2.16. The maximum Gasteiger partial charge on any atom is 0.392 e. The fourth-order valence-electron chi connectivity index (χ4n) is 2.27. The summed E-state index contributed by atoms with van der Waals surface area (Å²) >= 11 is 21.1. The molecule has 2 aromatic rings. The van der Waals surface area contributed by atoms with Gasteiger partial charge in [-0.25, -0.2) is 4.79 Å². The van der Waals surface area contributed by atoms with E-state index in [1.54, 1.807) is 0 Å². The van der Waals surface area contributed by atoms with Gasteiger partial charge in [-0.15, -0.1) is 0 Å². The van der Waals surface area contributed by atoms with E-state index in [0.29, 0.717) is 4.47 Å². The van der Waals surface area contributed by atoms with Crippen LogP contribution >= 0.6 is 50.7 Å². The highest BCUT2D eigenvalue weighted by Gasteiger charge is 2.27. The molecule has 0 fully saturated rings. The number of carboxylic acids is 1. The van der Waals surface area contributed by atoms with Gasteiger partial charge < -0.3 is 5.11 Å². The summed E-state index contributed by atoms with van der Waals surface area (Å²) in [6, 6.07) is 6.97. The third kappa shape index (κ3) is 4.94. The number of aromatic carboxylic acids is 1. The molecule has 0 unspecified atom stereocenters. The van der Waals surface area contributed by atoms with Gasteiger partial charge in [0.25, 0.3) is 0 Å². The van der Waals surface area contributed by atoms with E-state index in [9.17, 15) is 23.1 Å². The molecule has 0 aliphatic heterocycles. The predicted molar refractivity (Wildman–Crippen MR) is 100 cm³/mol. The summed E-state index contributed by atoms with van der Waals surface area (Å²) in [6.45, 7) is 0. The van der Waals surface area contributed by atoms with Gasteiger partial charge in [-0.1, -0.05) is 62.9 Å². The molecule has 0 saturated heterocycles. The summed E-state index contributed by atoms with van der Waals surface area (Å²) in [4.78, 5) is 11.6. The van der Waals surface area contributed by atoms with Crippen LogP contribution in [-0.4, -0.2) is 17.3 Å². The first-order valence-electron chi connectivity index (χ1n) is 6.95. The van der Waals surface area contributed by atoms with Crippen LogP contribution in [-0.2, 0) is 0 Å². The third-order valence-electron chi connectivity index (χ3n) is 3.35. The summed E-state index contributed by atoms with van der Waals surface area (Å²) in [5, 5.41) is 9.55. The first-order chi connectivity index (χ1) is 12.0. The Balaban J connectivity index is 2.78. The van der Waals surface area contributed by atoms with E-state index in [0.717, 1.165) is 6.08 Å². The molecular weight excluding hydrogens is 479 g/mol. The number of carbonyl (C=O) groups is 1. The molecule has 0 amide bonds. The van der Waals surface area contributed by atoms with Crippen molar-refractivity contribution in [2.24, 2.45) is 0 Å². The number of benzene rings is 2. The molecule has 0 heterocycles. The molecule has 0 saturated carbocycles. The highest BCUT2D eigenvalue weighted by atomic mass is 79.9. The molecule has 0 aliphatic rings. The van der Waals surface area contributed by atoms with Crippen molar-refractivity contribution in [3.8, 4) is 0 Å². The summed E-state index contributed by atoms with van der Waals surface area (Å²) in [5.74, 6) is -1.29. The Labute approximate surface area is 170 Å². The molecule has 0 aromatic heterocycles. The fraction of sp³-hybridized carbons (Fsp3) is 0.118. The van der Waals surface area contributed by atoms with Crippen molar-refractivity contribution in [2.75, 3.05) is 0 Å². The summed E-state index contributed by atoms with van der Waals surface area (Å²) in [5.41, 5.74) is 0.143. The fourth-order valence-corrected chi connectivity index (χ4v) is 3.45. The van der Waals surface area contributed by atoms with Gasteiger partial charge >= 0.3 is 12.1 Å². The van der Waals surface area contributed by atoms with Gasteiger partial charge in [0.1, 0.15) is 0 Å². The highest BCUT2D eigenvalue weighted by Crippen LogP contribution is 2.39. The van der Waals surface area contributed by atoms with Crippen molar-refractivity contribution in [1.82, 2.24) is 0 Å². The Morgan fingerprint density at radius 2 is 1.73 bits per heavy atom. The third-order valence-corrected chi connectivity index (χ3v) is 5.20. The lowest BCUT2D eigenvalue weighted by atomic mass is 9.93. The maximum atomic E-state index is 12.8. The summed E-state index contributed by atoms with van der Waals surface area (Å²) in [7, 11) is 0. The molecular formula is C17H9BrCl3F3O2. The van der Waals surface area contributed by atoms with E-state index in [4.69, 9.17) is 34.8 Å². The van der Waals surface area contributed by atoms with Crippen LogP contribution < -0.4 is 0 Å². The normalized spacial score (nSPS) is 12.3. The minimum atomic E-state index is -4.48. The van der Waals surface area contributed by atoms with E-state index in [1.807, 2.05) is 0 Å². The Hall–Kier alpha value is -1.21. The number of carboxylic acid groups (broad SMARTS) is 1. The van der Waals surface area contributed by atoms with Gasteiger partial charge in [-0.2, -0.15) is 13.2 Å². The van der Waals surface area contributed by atoms with Crippen LogP contribution in [0.15, 0.2) is 40.9 Å². The minimum absolute atomic E-state index is 0.0210. The number of alkyl halides is 3. The van der Waals surface area contributed by atoms with Crippen molar-refractivity contribution < 1.29 is 23.1 Å². The molecule has 2 nitrogen and oxygen atoms in total. The number of allylic oxidation sites excluding steroid dienone is 1. The van der Waals surface area contributed by atoms with Crippen LogP contribution in [0.4, 0.5) is 13.2 Å². The van der Waals surface area contributed by atoms with Crippen LogP contribution in [0.2, 0.25) is 15.1 Å². The number of hydrogen-bond donors (Lipinski definition) is 1. The monoisotopic (exact) mass is 486 g/mol. The van der Waals surface area contributed by atoms with E-state index < -0.39 is 18.6 Å². The van der Waals surface area contributed by atoms with E-state index in [2.05, 4.69) is 15.9 Å². The minimum Gasteiger partial charge on any atom is -0.478 e. The van der Waals surface area contributed by atoms with E-state index in [-0.39, 0.29) is 37.3 Å². The molecule has 0 bridgehead atoms. The molecule has 1 N–H and O–H groups in total. The molecule has 0 radical (unpaired) electrons. The second kappa shape index (κ2) is 8.21. The van der Waals surface area contributed by atoms with Gasteiger partial charge in [-0.3, -0.25) is 0 Å².